The van der Waals surface area contributed by atoms with Gasteiger partial charge in [-0.2, -0.15) is 5.10 Å². The molecule has 1 atom stereocenters. The van der Waals surface area contributed by atoms with E-state index in [1.165, 1.54) is 11.8 Å². The lowest BCUT2D eigenvalue weighted by Gasteiger charge is -2.20. The fraction of sp³-hybridized carbons (Fsp3) is 0.353. The molecule has 1 amide bonds. The van der Waals surface area contributed by atoms with Gasteiger partial charge in [0, 0.05) is 11.3 Å². The summed E-state index contributed by atoms with van der Waals surface area (Å²) in [6, 6.07) is 8.52. The number of thioether (sulfide) groups is 1. The summed E-state index contributed by atoms with van der Waals surface area (Å²) in [5.74, 6) is 0.256. The number of hydrazone groups is 1. The van der Waals surface area contributed by atoms with Crippen LogP contribution < -0.4 is 0 Å². The second kappa shape index (κ2) is 7.17. The van der Waals surface area contributed by atoms with Crippen molar-refractivity contribution in [3.05, 3.63) is 44.8 Å². The zero-order chi connectivity index (χ0) is 18.2. The third-order valence-electron chi connectivity index (χ3n) is 4.52. The number of nitrogens with zero attached hydrogens (tertiary/aromatic N) is 6. The van der Waals surface area contributed by atoms with Crippen molar-refractivity contribution in [3.8, 4) is 0 Å². The topological polar surface area (TPSA) is 76.3 Å². The molecule has 0 saturated heterocycles. The standard InChI is InChI=1S/C17H16N6OS3/c24-16(10-27-17-18-20-21-22(17)11-5-6-11)23-13(15-4-2-8-26-15)9-12(19-23)14-3-1-7-25-14/h1-4,7-8,11,13H,5-6,9-10H2. The number of tetrazole rings is 1. The van der Waals surface area contributed by atoms with Crippen molar-refractivity contribution < 1.29 is 4.79 Å². The number of rotatable bonds is 6. The molecule has 0 spiro atoms. The van der Waals surface area contributed by atoms with Crippen LogP contribution in [0.1, 0.15) is 41.1 Å². The van der Waals surface area contributed by atoms with E-state index >= 15 is 0 Å². The minimum atomic E-state index is -0.0328. The van der Waals surface area contributed by atoms with E-state index in [4.69, 9.17) is 0 Å². The molecule has 1 fully saturated rings. The van der Waals surface area contributed by atoms with Crippen LogP contribution in [0.4, 0.5) is 0 Å². The fourth-order valence-electron chi connectivity index (χ4n) is 3.06. The Hall–Kier alpha value is -2.04. The highest BCUT2D eigenvalue weighted by molar-refractivity contribution is 7.99. The molecule has 7 nitrogen and oxygen atoms in total. The van der Waals surface area contributed by atoms with E-state index < -0.39 is 0 Å². The summed E-state index contributed by atoms with van der Waals surface area (Å²) in [4.78, 5) is 15.3. The van der Waals surface area contributed by atoms with Crippen LogP contribution in [0, 0.1) is 0 Å². The third kappa shape index (κ3) is 3.44. The molecule has 5 rings (SSSR count). The normalized spacial score (nSPS) is 19.5. The largest absolute Gasteiger partial charge is 0.272 e. The zero-order valence-electron chi connectivity index (χ0n) is 14.3. The number of thiophene rings is 2. The van der Waals surface area contributed by atoms with Crippen molar-refractivity contribution in [2.75, 3.05) is 5.75 Å². The summed E-state index contributed by atoms with van der Waals surface area (Å²) in [5, 5.41) is 23.0. The van der Waals surface area contributed by atoms with Crippen molar-refractivity contribution in [2.24, 2.45) is 5.10 Å². The van der Waals surface area contributed by atoms with E-state index in [1.54, 1.807) is 27.7 Å². The number of hydrogen-bond donors (Lipinski definition) is 0. The molecule has 1 saturated carbocycles. The Morgan fingerprint density at radius 1 is 1.22 bits per heavy atom. The molecule has 10 heteroatoms. The Kier molecular flexibility index (Phi) is 4.54. The van der Waals surface area contributed by atoms with Gasteiger partial charge in [-0.25, -0.2) is 9.69 Å². The molecule has 3 aromatic rings. The predicted molar refractivity (Wildman–Crippen MR) is 106 cm³/mol. The van der Waals surface area contributed by atoms with Crippen molar-refractivity contribution in [1.82, 2.24) is 25.2 Å². The van der Waals surface area contributed by atoms with Gasteiger partial charge >= 0.3 is 0 Å². The Bertz CT molecular complexity index is 961. The lowest BCUT2D eigenvalue weighted by Crippen LogP contribution is -2.28. The first kappa shape index (κ1) is 17.1. The maximum atomic E-state index is 13.0. The SMILES string of the molecule is O=C(CSc1nnnn1C1CC1)N1N=C(c2cccs2)CC1c1cccs1. The molecule has 0 radical (unpaired) electrons. The molecule has 1 unspecified atom stereocenters. The quantitative estimate of drug-likeness (QED) is 0.574. The Labute approximate surface area is 168 Å². The van der Waals surface area contributed by atoms with Gasteiger partial charge in [0.25, 0.3) is 5.91 Å². The Balaban J connectivity index is 1.35. The Morgan fingerprint density at radius 3 is 2.81 bits per heavy atom. The van der Waals surface area contributed by atoms with Gasteiger partial charge < -0.3 is 0 Å². The van der Waals surface area contributed by atoms with Crippen LogP contribution in [0.2, 0.25) is 0 Å². The number of aromatic nitrogens is 4. The van der Waals surface area contributed by atoms with Gasteiger partial charge in [-0.3, -0.25) is 4.79 Å². The second-order valence-corrected chi connectivity index (χ2v) is 9.29. The lowest BCUT2D eigenvalue weighted by molar-refractivity contribution is -0.130. The molecule has 0 bridgehead atoms. The van der Waals surface area contributed by atoms with Gasteiger partial charge in [0.15, 0.2) is 0 Å². The maximum absolute atomic E-state index is 13.0. The van der Waals surface area contributed by atoms with E-state index in [-0.39, 0.29) is 17.7 Å². The van der Waals surface area contributed by atoms with Gasteiger partial charge in [0.1, 0.15) is 0 Å². The minimum Gasteiger partial charge on any atom is -0.272 e. The molecule has 3 aromatic heterocycles. The van der Waals surface area contributed by atoms with Crippen LogP contribution in [0.3, 0.4) is 0 Å². The molecule has 0 N–H and O–H groups in total. The summed E-state index contributed by atoms with van der Waals surface area (Å²) in [6.45, 7) is 0. The fourth-order valence-corrected chi connectivity index (χ4v) is 5.39. The van der Waals surface area contributed by atoms with Crippen molar-refractivity contribution in [1.29, 1.82) is 0 Å². The van der Waals surface area contributed by atoms with E-state index in [1.807, 2.05) is 27.6 Å². The summed E-state index contributed by atoms with van der Waals surface area (Å²) in [6.07, 6.45) is 2.96. The minimum absolute atomic E-state index is 0.0182. The number of amides is 1. The Morgan fingerprint density at radius 2 is 2.07 bits per heavy atom. The van der Waals surface area contributed by atoms with Gasteiger partial charge in [-0.1, -0.05) is 23.9 Å². The molecule has 0 aromatic carbocycles. The first-order valence-corrected chi connectivity index (χ1v) is 11.4. The first-order valence-electron chi connectivity index (χ1n) is 8.67. The summed E-state index contributed by atoms with van der Waals surface area (Å²) in [7, 11) is 0. The number of hydrogen-bond acceptors (Lipinski definition) is 8. The smallest absolute Gasteiger partial charge is 0.253 e. The average Bonchev–Trinajstić information content (AvgIpc) is 3.22. The van der Waals surface area contributed by atoms with E-state index in [9.17, 15) is 4.79 Å². The van der Waals surface area contributed by atoms with Crippen LogP contribution in [-0.2, 0) is 4.79 Å². The summed E-state index contributed by atoms with van der Waals surface area (Å²) >= 11 is 4.71. The van der Waals surface area contributed by atoms with Crippen molar-refractivity contribution in [3.63, 3.8) is 0 Å². The maximum Gasteiger partial charge on any atom is 0.253 e. The first-order chi connectivity index (χ1) is 13.3. The monoisotopic (exact) mass is 416 g/mol. The lowest BCUT2D eigenvalue weighted by atomic mass is 10.1. The molecular formula is C17H16N6OS3. The average molecular weight is 417 g/mol. The highest BCUT2D eigenvalue weighted by atomic mass is 32.2. The van der Waals surface area contributed by atoms with Crippen LogP contribution >= 0.6 is 34.4 Å². The third-order valence-corrected chi connectivity index (χ3v) is 7.33. The van der Waals surface area contributed by atoms with E-state index in [2.05, 4.69) is 32.8 Å². The van der Waals surface area contributed by atoms with Gasteiger partial charge in [-0.15, -0.1) is 27.8 Å². The van der Waals surface area contributed by atoms with Crippen LogP contribution in [-0.4, -0.2) is 42.6 Å². The molecule has 27 heavy (non-hydrogen) atoms. The molecule has 138 valence electrons. The molecule has 1 aliphatic heterocycles. The van der Waals surface area contributed by atoms with Gasteiger partial charge in [-0.05, 0) is 46.2 Å². The molecular weight excluding hydrogens is 400 g/mol. The van der Waals surface area contributed by atoms with Gasteiger partial charge in [0.2, 0.25) is 5.16 Å². The zero-order valence-corrected chi connectivity index (χ0v) is 16.7. The number of carbonyl (C=O) groups excluding carboxylic acids is 1. The summed E-state index contributed by atoms with van der Waals surface area (Å²) < 4.78 is 1.83. The predicted octanol–water partition coefficient (Wildman–Crippen LogP) is 3.60. The molecule has 2 aliphatic rings. The molecule has 1 aliphatic carbocycles. The van der Waals surface area contributed by atoms with Crippen LogP contribution in [0.5, 0.6) is 0 Å². The summed E-state index contributed by atoms with van der Waals surface area (Å²) in [5.41, 5.74) is 0.976. The second-order valence-electron chi connectivity index (χ2n) is 6.42. The van der Waals surface area contributed by atoms with E-state index in [0.717, 1.165) is 34.7 Å². The number of carbonyl (C=O) groups is 1. The van der Waals surface area contributed by atoms with Gasteiger partial charge in [0.05, 0.1) is 28.4 Å². The van der Waals surface area contributed by atoms with E-state index in [0.29, 0.717) is 11.2 Å². The molecule has 4 heterocycles. The van der Waals surface area contributed by atoms with Crippen LogP contribution in [0.15, 0.2) is 45.3 Å². The van der Waals surface area contributed by atoms with Crippen molar-refractivity contribution >= 4 is 46.1 Å². The highest BCUT2D eigenvalue weighted by Gasteiger charge is 2.34. The van der Waals surface area contributed by atoms with Crippen LogP contribution in [0.25, 0.3) is 0 Å². The highest BCUT2D eigenvalue weighted by Crippen LogP contribution is 2.38. The van der Waals surface area contributed by atoms with Crippen molar-refractivity contribution in [2.45, 2.75) is 36.5 Å².